The summed E-state index contributed by atoms with van der Waals surface area (Å²) in [4.78, 5) is 43.8. The maximum absolute atomic E-state index is 13.9. The van der Waals surface area contributed by atoms with Gasteiger partial charge < -0.3 is 28.8 Å². The molecule has 13 heteroatoms. The molecule has 0 amide bonds. The smallest absolute Gasteiger partial charge is 0.343 e. The molecule has 1 atom stereocenters. The van der Waals surface area contributed by atoms with Gasteiger partial charge in [-0.1, -0.05) is 17.4 Å². The highest BCUT2D eigenvalue weighted by Crippen LogP contribution is 2.37. The van der Waals surface area contributed by atoms with Gasteiger partial charge in [0.25, 0.3) is 5.56 Å². The van der Waals surface area contributed by atoms with Crippen LogP contribution < -0.4 is 29.1 Å². The molecule has 0 spiro atoms. The average Bonchev–Trinajstić information content (AvgIpc) is 3.27. The van der Waals surface area contributed by atoms with Crippen LogP contribution in [0.2, 0.25) is 0 Å². The van der Waals surface area contributed by atoms with E-state index in [-0.39, 0.29) is 35.8 Å². The highest BCUT2D eigenvalue weighted by molar-refractivity contribution is 9.10. The van der Waals surface area contributed by atoms with Gasteiger partial charge in [-0.15, -0.1) is 0 Å². The number of nitrogens with zero attached hydrogens (tertiary/aromatic N) is 2. The molecule has 0 saturated heterocycles. The molecule has 0 bridgehead atoms. The third-order valence-electron chi connectivity index (χ3n) is 6.24. The SMILES string of the molecule is CCOC(=O)C1=C(C)N=c2s/c(=C\c3cc(Br)c(O)c(OC)c3)c(=O)n2[C@@H]1c1ccc(OCC(=O)OC)c(OCC)c1. The number of carbonyl (C=O) groups is 2. The number of phenols is 1. The molecule has 1 aromatic heterocycles. The van der Waals surface area contributed by atoms with E-state index in [9.17, 15) is 19.5 Å². The highest BCUT2D eigenvalue weighted by atomic mass is 79.9. The normalized spacial score (nSPS) is 14.6. The van der Waals surface area contributed by atoms with Crippen molar-refractivity contribution in [2.24, 2.45) is 4.99 Å². The fraction of sp³-hybridized carbons (Fsp3) is 0.310. The van der Waals surface area contributed by atoms with Gasteiger partial charge in [-0.3, -0.25) is 9.36 Å². The zero-order valence-corrected chi connectivity index (χ0v) is 26.0. The van der Waals surface area contributed by atoms with Gasteiger partial charge in [-0.05, 0) is 78.2 Å². The van der Waals surface area contributed by atoms with E-state index in [0.717, 1.165) is 11.3 Å². The first-order valence-corrected chi connectivity index (χ1v) is 14.5. The average molecular weight is 662 g/mol. The Morgan fingerprint density at radius 3 is 2.52 bits per heavy atom. The Morgan fingerprint density at radius 1 is 1.10 bits per heavy atom. The Labute approximate surface area is 253 Å². The van der Waals surface area contributed by atoms with Crippen LogP contribution in [-0.4, -0.2) is 55.7 Å². The standard InChI is InChI=1S/C29H29BrN2O9S/c1-6-39-20-13-17(8-9-19(20)41-14-23(33)38-5)25-24(28(36)40-7-2)15(3)31-29-32(25)27(35)22(42-29)12-16-10-18(30)26(34)21(11-16)37-4/h8-13,25,34H,6-7,14H2,1-5H3/b22-12-/t25-/m1/s1. The Balaban J connectivity index is 1.91. The maximum Gasteiger partial charge on any atom is 0.343 e. The predicted molar refractivity (Wildman–Crippen MR) is 158 cm³/mol. The lowest BCUT2D eigenvalue weighted by molar-refractivity contribution is -0.143. The summed E-state index contributed by atoms with van der Waals surface area (Å²) < 4.78 is 28.8. The second-order valence-corrected chi connectivity index (χ2v) is 10.7. The first-order chi connectivity index (χ1) is 20.1. The van der Waals surface area contributed by atoms with Crippen LogP contribution in [0, 0.1) is 0 Å². The molecule has 0 radical (unpaired) electrons. The molecule has 0 aliphatic carbocycles. The van der Waals surface area contributed by atoms with Crippen molar-refractivity contribution in [3.8, 4) is 23.0 Å². The Kier molecular flexibility index (Phi) is 9.74. The van der Waals surface area contributed by atoms with Crippen molar-refractivity contribution in [1.29, 1.82) is 0 Å². The first-order valence-electron chi connectivity index (χ1n) is 12.9. The van der Waals surface area contributed by atoms with Gasteiger partial charge in [-0.2, -0.15) is 0 Å². The molecule has 0 unspecified atom stereocenters. The topological polar surface area (TPSA) is 135 Å². The van der Waals surface area contributed by atoms with Crippen LogP contribution in [0.1, 0.15) is 37.9 Å². The Bertz CT molecular complexity index is 1740. The quantitative estimate of drug-likeness (QED) is 0.325. The third kappa shape index (κ3) is 6.21. The number of ether oxygens (including phenoxy) is 5. The molecule has 1 aliphatic heterocycles. The lowest BCUT2D eigenvalue weighted by atomic mass is 9.95. The number of methoxy groups -OCH3 is 2. The third-order valence-corrected chi connectivity index (χ3v) is 7.83. The molecule has 1 aliphatic rings. The van der Waals surface area contributed by atoms with E-state index < -0.39 is 18.0 Å². The van der Waals surface area contributed by atoms with E-state index >= 15 is 0 Å². The first kappa shape index (κ1) is 30.8. The zero-order valence-electron chi connectivity index (χ0n) is 23.6. The number of thiazole rings is 1. The number of phenolic OH excluding ortho intramolecular Hbond substituents is 1. The van der Waals surface area contributed by atoms with Crippen molar-refractivity contribution < 1.29 is 38.4 Å². The number of esters is 2. The number of allylic oxidation sites excluding steroid dienone is 1. The Hall–Kier alpha value is -4.10. The number of hydrogen-bond donors (Lipinski definition) is 1. The molecule has 4 rings (SSSR count). The molecule has 3 aromatic rings. The summed E-state index contributed by atoms with van der Waals surface area (Å²) in [5.41, 5.74) is 1.37. The minimum atomic E-state index is -0.891. The minimum absolute atomic E-state index is 0.0603. The van der Waals surface area contributed by atoms with Crippen molar-refractivity contribution in [3.05, 3.63) is 76.9 Å². The molecule has 11 nitrogen and oxygen atoms in total. The minimum Gasteiger partial charge on any atom is -0.503 e. The van der Waals surface area contributed by atoms with Crippen LogP contribution in [0.4, 0.5) is 0 Å². The number of aromatic hydroxyl groups is 1. The number of halogens is 1. The largest absolute Gasteiger partial charge is 0.503 e. The lowest BCUT2D eigenvalue weighted by Gasteiger charge is -2.25. The number of fused-ring (bicyclic) bond motifs is 1. The molecular formula is C29H29BrN2O9S. The van der Waals surface area contributed by atoms with Crippen LogP contribution in [0.25, 0.3) is 6.08 Å². The summed E-state index contributed by atoms with van der Waals surface area (Å²) in [6, 6.07) is 7.33. The van der Waals surface area contributed by atoms with Crippen molar-refractivity contribution in [2.45, 2.75) is 26.8 Å². The molecular weight excluding hydrogens is 632 g/mol. The summed E-state index contributed by atoms with van der Waals surface area (Å²) in [6.07, 6.45) is 1.66. The maximum atomic E-state index is 13.9. The van der Waals surface area contributed by atoms with Crippen molar-refractivity contribution in [1.82, 2.24) is 4.57 Å². The second-order valence-electron chi connectivity index (χ2n) is 8.86. The predicted octanol–water partition coefficient (Wildman–Crippen LogP) is 3.23. The lowest BCUT2D eigenvalue weighted by Crippen LogP contribution is -2.40. The molecule has 222 valence electrons. The molecule has 1 N–H and O–H groups in total. The summed E-state index contributed by atoms with van der Waals surface area (Å²) in [7, 11) is 2.69. The van der Waals surface area contributed by atoms with Crippen LogP contribution in [0.5, 0.6) is 23.0 Å². The Morgan fingerprint density at radius 2 is 1.86 bits per heavy atom. The van der Waals surface area contributed by atoms with Crippen LogP contribution in [0.15, 0.2) is 55.9 Å². The molecule has 0 saturated carbocycles. The number of rotatable bonds is 10. The van der Waals surface area contributed by atoms with Gasteiger partial charge in [0.15, 0.2) is 34.4 Å². The van der Waals surface area contributed by atoms with E-state index in [0.29, 0.717) is 48.7 Å². The van der Waals surface area contributed by atoms with Crippen molar-refractivity contribution in [3.63, 3.8) is 0 Å². The van der Waals surface area contributed by atoms with Gasteiger partial charge in [0, 0.05) is 0 Å². The van der Waals surface area contributed by atoms with Crippen molar-refractivity contribution in [2.75, 3.05) is 34.0 Å². The van der Waals surface area contributed by atoms with E-state index in [1.54, 1.807) is 57.2 Å². The van der Waals surface area contributed by atoms with E-state index in [1.165, 1.54) is 18.8 Å². The molecule has 0 fully saturated rings. The summed E-state index contributed by atoms with van der Waals surface area (Å²) in [5, 5.41) is 10.2. The number of aromatic nitrogens is 1. The highest BCUT2D eigenvalue weighted by Gasteiger charge is 2.34. The van der Waals surface area contributed by atoms with E-state index in [2.05, 4.69) is 25.7 Å². The monoisotopic (exact) mass is 660 g/mol. The number of carbonyl (C=O) groups excluding carboxylic acids is 2. The van der Waals surface area contributed by atoms with Gasteiger partial charge in [0.2, 0.25) is 0 Å². The van der Waals surface area contributed by atoms with Crippen LogP contribution >= 0.6 is 27.3 Å². The van der Waals surface area contributed by atoms with Gasteiger partial charge in [0.1, 0.15) is 0 Å². The van der Waals surface area contributed by atoms with Gasteiger partial charge in [-0.25, -0.2) is 14.6 Å². The number of hydrogen-bond acceptors (Lipinski definition) is 11. The second kappa shape index (κ2) is 13.3. The van der Waals surface area contributed by atoms with Crippen LogP contribution in [-0.2, 0) is 19.1 Å². The van der Waals surface area contributed by atoms with Crippen molar-refractivity contribution >= 4 is 45.3 Å². The zero-order chi connectivity index (χ0) is 30.6. The summed E-state index contributed by atoms with van der Waals surface area (Å²) in [6.45, 7) is 5.29. The fourth-order valence-electron chi connectivity index (χ4n) is 4.37. The summed E-state index contributed by atoms with van der Waals surface area (Å²) >= 11 is 4.46. The van der Waals surface area contributed by atoms with Crippen LogP contribution in [0.3, 0.4) is 0 Å². The fourth-order valence-corrected chi connectivity index (χ4v) is 5.88. The number of benzene rings is 2. The van der Waals surface area contributed by atoms with E-state index in [4.69, 9.17) is 18.9 Å². The van der Waals surface area contributed by atoms with Gasteiger partial charge in [0.05, 0.1) is 53.8 Å². The summed E-state index contributed by atoms with van der Waals surface area (Å²) in [5.74, 6) is -0.373. The van der Waals surface area contributed by atoms with E-state index in [1.807, 2.05) is 0 Å². The molecule has 2 heterocycles. The molecule has 42 heavy (non-hydrogen) atoms. The van der Waals surface area contributed by atoms with Gasteiger partial charge >= 0.3 is 11.9 Å². The molecule has 2 aromatic carbocycles.